The predicted octanol–water partition coefficient (Wildman–Crippen LogP) is 2.56. The van der Waals surface area contributed by atoms with Crippen LogP contribution in [0.15, 0.2) is 0 Å². The number of hydrogen-bond acceptors (Lipinski definition) is 2. The first-order chi connectivity index (χ1) is 9.25. The third kappa shape index (κ3) is 2.81. The minimum Gasteiger partial charge on any atom is -0.339 e. The number of likely N-dealkylation sites (tertiary alicyclic amines) is 1. The quantitative estimate of drug-likeness (QED) is 0.789. The van der Waals surface area contributed by atoms with Crippen LogP contribution in [0.4, 0.5) is 0 Å². The van der Waals surface area contributed by atoms with Crippen molar-refractivity contribution in [3.8, 4) is 0 Å². The summed E-state index contributed by atoms with van der Waals surface area (Å²) in [6, 6.07) is 1.09. The van der Waals surface area contributed by atoms with Crippen molar-refractivity contribution in [2.45, 2.75) is 70.4 Å². The molecule has 4 atom stereocenters. The Bertz CT molecular complexity index is 329. The molecule has 1 saturated carbocycles. The van der Waals surface area contributed by atoms with E-state index in [0.29, 0.717) is 18.0 Å². The molecule has 1 aliphatic carbocycles. The molecule has 3 rings (SSSR count). The molecule has 1 N–H and O–H groups in total. The number of nitrogens with one attached hydrogen (secondary N) is 1. The largest absolute Gasteiger partial charge is 0.339 e. The minimum atomic E-state index is 0.289. The molecule has 19 heavy (non-hydrogen) atoms. The Morgan fingerprint density at radius 1 is 1.11 bits per heavy atom. The maximum Gasteiger partial charge on any atom is 0.226 e. The molecule has 1 amide bonds. The second kappa shape index (κ2) is 5.82. The van der Waals surface area contributed by atoms with Gasteiger partial charge in [0.25, 0.3) is 0 Å². The first-order valence-electron chi connectivity index (χ1n) is 8.29. The number of fused-ring (bicyclic) bond motifs is 1. The van der Waals surface area contributed by atoms with Crippen molar-refractivity contribution >= 4 is 5.91 Å². The second-order valence-electron chi connectivity index (χ2n) is 6.86. The van der Waals surface area contributed by atoms with Gasteiger partial charge in [-0.3, -0.25) is 4.79 Å². The predicted molar refractivity (Wildman–Crippen MR) is 76.9 cm³/mol. The Labute approximate surface area is 117 Å². The molecule has 0 spiro atoms. The summed E-state index contributed by atoms with van der Waals surface area (Å²) in [5.74, 6) is 1.58. The smallest absolute Gasteiger partial charge is 0.226 e. The number of nitrogens with zero attached hydrogens (tertiary/aromatic N) is 1. The Morgan fingerprint density at radius 2 is 1.89 bits per heavy atom. The highest BCUT2D eigenvalue weighted by atomic mass is 16.2. The standard InChI is InChI=1S/C16H28N2O/c1-12-11-14(8-9-17-12)16(19)18-10-4-6-13-5-2-3-7-15(13)18/h12-15,17H,2-11H2,1H3/t12?,13-,14?,15-/m1/s1. The Kier molecular flexibility index (Phi) is 4.11. The number of amides is 1. The Morgan fingerprint density at radius 3 is 2.74 bits per heavy atom. The van der Waals surface area contributed by atoms with Crippen molar-refractivity contribution in [2.24, 2.45) is 11.8 Å². The van der Waals surface area contributed by atoms with Crippen LogP contribution in [0, 0.1) is 11.8 Å². The highest BCUT2D eigenvalue weighted by Crippen LogP contribution is 2.36. The molecule has 0 radical (unpaired) electrons. The van der Waals surface area contributed by atoms with E-state index < -0.39 is 0 Å². The van der Waals surface area contributed by atoms with E-state index in [0.717, 1.165) is 31.8 Å². The van der Waals surface area contributed by atoms with E-state index in [1.807, 2.05) is 0 Å². The van der Waals surface area contributed by atoms with Gasteiger partial charge in [-0.25, -0.2) is 0 Å². The summed E-state index contributed by atoms with van der Waals surface area (Å²) in [6.07, 6.45) is 9.99. The molecule has 0 aromatic heterocycles. The van der Waals surface area contributed by atoms with Crippen molar-refractivity contribution in [3.05, 3.63) is 0 Å². The van der Waals surface area contributed by atoms with Crippen molar-refractivity contribution in [1.82, 2.24) is 10.2 Å². The van der Waals surface area contributed by atoms with E-state index in [-0.39, 0.29) is 5.92 Å². The maximum atomic E-state index is 12.9. The van der Waals surface area contributed by atoms with E-state index in [1.54, 1.807) is 0 Å². The van der Waals surface area contributed by atoms with Gasteiger partial charge >= 0.3 is 0 Å². The van der Waals surface area contributed by atoms with Gasteiger partial charge in [-0.2, -0.15) is 0 Å². The average Bonchev–Trinajstić information content (AvgIpc) is 2.46. The van der Waals surface area contributed by atoms with E-state index in [4.69, 9.17) is 0 Å². The minimum absolute atomic E-state index is 0.289. The molecule has 2 unspecified atom stereocenters. The van der Waals surface area contributed by atoms with Crippen LogP contribution >= 0.6 is 0 Å². The van der Waals surface area contributed by atoms with Gasteiger partial charge in [0.15, 0.2) is 0 Å². The molecule has 2 aliphatic heterocycles. The maximum absolute atomic E-state index is 12.9. The molecule has 0 bridgehead atoms. The molecule has 0 aromatic carbocycles. The van der Waals surface area contributed by atoms with Gasteiger partial charge in [-0.05, 0) is 57.9 Å². The molecule has 2 saturated heterocycles. The van der Waals surface area contributed by atoms with Gasteiger partial charge in [0.05, 0.1) is 0 Å². The van der Waals surface area contributed by atoms with Crippen LogP contribution in [-0.4, -0.2) is 36.0 Å². The fourth-order valence-corrected chi connectivity index (χ4v) is 4.49. The summed E-state index contributed by atoms with van der Waals surface area (Å²) < 4.78 is 0. The lowest BCUT2D eigenvalue weighted by molar-refractivity contribution is -0.143. The summed E-state index contributed by atoms with van der Waals surface area (Å²) in [7, 11) is 0. The summed E-state index contributed by atoms with van der Waals surface area (Å²) in [4.78, 5) is 15.1. The number of carbonyl (C=O) groups is 1. The van der Waals surface area contributed by atoms with E-state index in [9.17, 15) is 4.79 Å². The average molecular weight is 264 g/mol. The topological polar surface area (TPSA) is 32.3 Å². The number of carbonyl (C=O) groups excluding carboxylic acids is 1. The normalized spacial score (nSPS) is 39.7. The van der Waals surface area contributed by atoms with E-state index in [2.05, 4.69) is 17.1 Å². The molecular formula is C16H28N2O. The van der Waals surface area contributed by atoms with E-state index in [1.165, 1.54) is 38.5 Å². The summed E-state index contributed by atoms with van der Waals surface area (Å²) in [5.41, 5.74) is 0. The summed E-state index contributed by atoms with van der Waals surface area (Å²) in [5, 5.41) is 3.46. The summed E-state index contributed by atoms with van der Waals surface area (Å²) in [6.45, 7) is 4.25. The number of rotatable bonds is 1. The van der Waals surface area contributed by atoms with Crippen LogP contribution in [0.2, 0.25) is 0 Å². The van der Waals surface area contributed by atoms with Gasteiger partial charge in [-0.15, -0.1) is 0 Å². The molecule has 3 nitrogen and oxygen atoms in total. The molecule has 3 aliphatic rings. The lowest BCUT2D eigenvalue weighted by Crippen LogP contribution is -2.53. The lowest BCUT2D eigenvalue weighted by atomic mass is 9.77. The monoisotopic (exact) mass is 264 g/mol. The van der Waals surface area contributed by atoms with Gasteiger partial charge in [0.2, 0.25) is 5.91 Å². The molecule has 2 heterocycles. The van der Waals surface area contributed by atoms with Crippen molar-refractivity contribution in [2.75, 3.05) is 13.1 Å². The lowest BCUT2D eigenvalue weighted by Gasteiger charge is -2.46. The van der Waals surface area contributed by atoms with Crippen LogP contribution in [-0.2, 0) is 4.79 Å². The zero-order valence-electron chi connectivity index (χ0n) is 12.2. The fraction of sp³-hybridized carbons (Fsp3) is 0.938. The number of piperidine rings is 2. The first-order valence-corrected chi connectivity index (χ1v) is 8.29. The molecule has 3 fully saturated rings. The van der Waals surface area contributed by atoms with Crippen molar-refractivity contribution in [3.63, 3.8) is 0 Å². The van der Waals surface area contributed by atoms with Crippen LogP contribution in [0.25, 0.3) is 0 Å². The highest BCUT2D eigenvalue weighted by Gasteiger charge is 2.38. The number of hydrogen-bond donors (Lipinski definition) is 1. The molecule has 3 heteroatoms. The third-order valence-corrected chi connectivity index (χ3v) is 5.50. The summed E-state index contributed by atoms with van der Waals surface area (Å²) >= 11 is 0. The van der Waals surface area contributed by atoms with Crippen LogP contribution in [0.5, 0.6) is 0 Å². The SMILES string of the molecule is CC1CC(C(=O)N2CCC[C@H]3CCCC[C@H]32)CCN1. The Hall–Kier alpha value is -0.570. The van der Waals surface area contributed by atoms with Gasteiger partial charge in [0, 0.05) is 24.5 Å². The van der Waals surface area contributed by atoms with Crippen LogP contribution in [0.3, 0.4) is 0 Å². The van der Waals surface area contributed by atoms with Gasteiger partial charge in [-0.1, -0.05) is 12.8 Å². The van der Waals surface area contributed by atoms with E-state index >= 15 is 0 Å². The Balaban J connectivity index is 1.67. The van der Waals surface area contributed by atoms with Crippen LogP contribution in [0.1, 0.15) is 58.3 Å². The molecule has 108 valence electrons. The second-order valence-corrected chi connectivity index (χ2v) is 6.86. The van der Waals surface area contributed by atoms with Crippen LogP contribution < -0.4 is 5.32 Å². The molecule has 0 aromatic rings. The van der Waals surface area contributed by atoms with Crippen molar-refractivity contribution < 1.29 is 4.79 Å². The van der Waals surface area contributed by atoms with Crippen molar-refractivity contribution in [1.29, 1.82) is 0 Å². The zero-order valence-corrected chi connectivity index (χ0v) is 12.2. The fourth-order valence-electron chi connectivity index (χ4n) is 4.49. The zero-order chi connectivity index (χ0) is 13.2. The first kappa shape index (κ1) is 13.4. The van der Waals surface area contributed by atoms with Gasteiger partial charge in [0.1, 0.15) is 0 Å². The van der Waals surface area contributed by atoms with Gasteiger partial charge < -0.3 is 10.2 Å². The molecular weight excluding hydrogens is 236 g/mol. The highest BCUT2D eigenvalue weighted by molar-refractivity contribution is 5.79. The third-order valence-electron chi connectivity index (χ3n) is 5.50.